The molecule has 0 radical (unpaired) electrons. The van der Waals surface area contributed by atoms with Gasteiger partial charge in [-0.15, -0.1) is 11.8 Å². The normalized spacial score (nSPS) is 11.7. The van der Waals surface area contributed by atoms with E-state index in [0.29, 0.717) is 35.2 Å². The smallest absolute Gasteiger partial charge is 0.243 e. The van der Waals surface area contributed by atoms with Crippen LogP contribution in [-0.2, 0) is 22.6 Å². The molecule has 0 aromatic heterocycles. The number of nitrogens with one attached hydrogen (secondary N) is 1. The molecular weight excluding hydrogens is 499 g/mol. The summed E-state index contributed by atoms with van der Waals surface area (Å²) in [4.78, 5) is 29.5. The minimum Gasteiger partial charge on any atom is -0.355 e. The van der Waals surface area contributed by atoms with Crippen molar-refractivity contribution >= 4 is 46.8 Å². The fraction of sp³-hybridized carbons (Fsp3) is 0.286. The van der Waals surface area contributed by atoms with Crippen molar-refractivity contribution < 1.29 is 9.59 Å². The molecule has 0 saturated carbocycles. The number of amides is 2. The van der Waals surface area contributed by atoms with Gasteiger partial charge in [0.2, 0.25) is 11.8 Å². The summed E-state index contributed by atoms with van der Waals surface area (Å²) in [5.74, 6) is 0.367. The van der Waals surface area contributed by atoms with Gasteiger partial charge in [-0.3, -0.25) is 9.59 Å². The lowest BCUT2D eigenvalue weighted by Crippen LogP contribution is -2.50. The Balaban J connectivity index is 1.84. The van der Waals surface area contributed by atoms with Gasteiger partial charge >= 0.3 is 0 Å². The van der Waals surface area contributed by atoms with Crippen molar-refractivity contribution in [3.05, 3.63) is 99.5 Å². The van der Waals surface area contributed by atoms with Gasteiger partial charge in [0, 0.05) is 36.6 Å². The van der Waals surface area contributed by atoms with Gasteiger partial charge in [0.25, 0.3) is 0 Å². The highest BCUT2D eigenvalue weighted by atomic mass is 35.5. The van der Waals surface area contributed by atoms with Gasteiger partial charge in [-0.1, -0.05) is 77.3 Å². The summed E-state index contributed by atoms with van der Waals surface area (Å²) < 4.78 is 0. The van der Waals surface area contributed by atoms with Crippen LogP contribution in [0.5, 0.6) is 0 Å². The van der Waals surface area contributed by atoms with Gasteiger partial charge in [0.15, 0.2) is 0 Å². The largest absolute Gasteiger partial charge is 0.355 e. The Morgan fingerprint density at radius 2 is 1.66 bits per heavy atom. The summed E-state index contributed by atoms with van der Waals surface area (Å²) in [5, 5.41) is 3.78. The molecule has 1 N–H and O–H groups in total. The van der Waals surface area contributed by atoms with Crippen LogP contribution in [0.3, 0.4) is 0 Å². The van der Waals surface area contributed by atoms with E-state index in [0.717, 1.165) is 16.0 Å². The van der Waals surface area contributed by atoms with E-state index in [1.807, 2.05) is 50.2 Å². The van der Waals surface area contributed by atoms with Crippen LogP contribution < -0.4 is 5.32 Å². The van der Waals surface area contributed by atoms with Crippen molar-refractivity contribution in [3.63, 3.8) is 0 Å². The highest BCUT2D eigenvalue weighted by molar-refractivity contribution is 7.99. The molecule has 184 valence electrons. The third kappa shape index (κ3) is 8.31. The van der Waals surface area contributed by atoms with E-state index in [1.54, 1.807) is 28.8 Å². The van der Waals surface area contributed by atoms with Gasteiger partial charge < -0.3 is 10.2 Å². The quantitative estimate of drug-likeness (QED) is 0.286. The van der Waals surface area contributed by atoms with Crippen molar-refractivity contribution in [3.8, 4) is 0 Å². The minimum atomic E-state index is -0.649. The van der Waals surface area contributed by atoms with Gasteiger partial charge in [-0.05, 0) is 49.2 Å². The van der Waals surface area contributed by atoms with Crippen LogP contribution in [0.25, 0.3) is 0 Å². The number of hydrogen-bond donors (Lipinski definition) is 1. The summed E-state index contributed by atoms with van der Waals surface area (Å²) in [7, 11) is 0. The third-order valence-corrected chi connectivity index (χ3v) is 7.32. The molecular formula is C28H30Cl2N2O2S. The number of benzene rings is 3. The highest BCUT2D eigenvalue weighted by Crippen LogP contribution is 2.25. The van der Waals surface area contributed by atoms with Crippen molar-refractivity contribution in [1.82, 2.24) is 10.2 Å². The number of nitrogens with zero attached hydrogens (tertiary/aromatic N) is 1. The summed E-state index contributed by atoms with van der Waals surface area (Å²) in [6, 6.07) is 22.7. The number of halogens is 2. The average molecular weight is 530 g/mol. The molecule has 0 aliphatic carbocycles. The molecule has 0 spiro atoms. The van der Waals surface area contributed by atoms with Gasteiger partial charge in [0.1, 0.15) is 6.04 Å². The SMILES string of the molecule is CCNC(=O)[C@H](Cc1ccccc1)N(Cc1ccc(Cl)c(Cl)c1)C(=O)CCSc1ccc(C)cc1. The summed E-state index contributed by atoms with van der Waals surface area (Å²) >= 11 is 14.0. The number of hydrogen-bond acceptors (Lipinski definition) is 3. The maximum atomic E-state index is 13.6. The predicted molar refractivity (Wildman–Crippen MR) is 146 cm³/mol. The first-order valence-corrected chi connectivity index (χ1v) is 13.4. The van der Waals surface area contributed by atoms with Crippen LogP contribution in [0.15, 0.2) is 77.7 Å². The summed E-state index contributed by atoms with van der Waals surface area (Å²) in [5.41, 5.74) is 3.01. The molecule has 2 amide bonds. The van der Waals surface area contributed by atoms with Crippen LogP contribution in [0.4, 0.5) is 0 Å². The third-order valence-electron chi connectivity index (χ3n) is 5.56. The molecule has 4 nitrogen and oxygen atoms in total. The predicted octanol–water partition coefficient (Wildman–Crippen LogP) is 6.56. The molecule has 0 fully saturated rings. The number of carbonyl (C=O) groups excluding carboxylic acids is 2. The van der Waals surface area contributed by atoms with Crippen molar-refractivity contribution in [2.45, 2.75) is 44.2 Å². The Hall–Kier alpha value is -2.47. The fourth-order valence-electron chi connectivity index (χ4n) is 3.71. The number of rotatable bonds is 11. The molecule has 3 aromatic rings. The first-order chi connectivity index (χ1) is 16.9. The minimum absolute atomic E-state index is 0.0807. The first-order valence-electron chi connectivity index (χ1n) is 11.6. The fourth-order valence-corrected chi connectivity index (χ4v) is 4.88. The van der Waals surface area contributed by atoms with Crippen LogP contribution in [0.1, 0.15) is 30.0 Å². The van der Waals surface area contributed by atoms with E-state index in [-0.39, 0.29) is 18.4 Å². The van der Waals surface area contributed by atoms with Crippen LogP contribution in [-0.4, -0.2) is 35.1 Å². The Bertz CT molecular complexity index is 1120. The number of thioether (sulfide) groups is 1. The molecule has 0 aliphatic heterocycles. The molecule has 0 aliphatic rings. The van der Waals surface area contributed by atoms with E-state index >= 15 is 0 Å². The molecule has 0 saturated heterocycles. The topological polar surface area (TPSA) is 49.4 Å². The lowest BCUT2D eigenvalue weighted by molar-refractivity contribution is -0.140. The Morgan fingerprint density at radius 3 is 2.31 bits per heavy atom. The van der Waals surface area contributed by atoms with E-state index < -0.39 is 6.04 Å². The molecule has 0 bridgehead atoms. The molecule has 1 atom stereocenters. The van der Waals surface area contributed by atoms with Crippen molar-refractivity contribution in [1.29, 1.82) is 0 Å². The number of carbonyl (C=O) groups is 2. The standard InChI is InChI=1S/C28H30Cl2N2O2S/c1-3-31-28(34)26(18-21-7-5-4-6-8-21)32(19-22-11-14-24(29)25(30)17-22)27(33)15-16-35-23-12-9-20(2)10-13-23/h4-14,17,26H,3,15-16,18-19H2,1-2H3,(H,31,34)/t26-/m0/s1. The van der Waals surface area contributed by atoms with E-state index in [9.17, 15) is 9.59 Å². The summed E-state index contributed by atoms with van der Waals surface area (Å²) in [6.45, 7) is 4.68. The van der Waals surface area contributed by atoms with Crippen LogP contribution in [0.2, 0.25) is 10.0 Å². The maximum absolute atomic E-state index is 13.6. The second kappa shape index (κ2) is 13.6. The summed E-state index contributed by atoms with van der Waals surface area (Å²) in [6.07, 6.45) is 0.732. The van der Waals surface area contributed by atoms with E-state index in [4.69, 9.17) is 23.2 Å². The van der Waals surface area contributed by atoms with Gasteiger partial charge in [0.05, 0.1) is 10.0 Å². The van der Waals surface area contributed by atoms with Crippen LogP contribution in [0, 0.1) is 6.92 Å². The molecule has 35 heavy (non-hydrogen) atoms. The molecule has 0 unspecified atom stereocenters. The lowest BCUT2D eigenvalue weighted by atomic mass is 10.0. The number of aryl methyl sites for hydroxylation is 1. The van der Waals surface area contributed by atoms with Crippen LogP contribution >= 0.6 is 35.0 Å². The van der Waals surface area contributed by atoms with Gasteiger partial charge in [-0.25, -0.2) is 0 Å². The number of likely N-dealkylation sites (N-methyl/N-ethyl adjacent to an activating group) is 1. The highest BCUT2D eigenvalue weighted by Gasteiger charge is 2.30. The molecule has 0 heterocycles. The Labute approximate surface area is 222 Å². The molecule has 3 rings (SSSR count). The molecule has 3 aromatic carbocycles. The zero-order valence-corrected chi connectivity index (χ0v) is 22.3. The zero-order valence-electron chi connectivity index (χ0n) is 20.0. The average Bonchev–Trinajstić information content (AvgIpc) is 2.85. The molecule has 7 heteroatoms. The monoisotopic (exact) mass is 528 g/mol. The zero-order chi connectivity index (χ0) is 25.2. The van der Waals surface area contributed by atoms with Crippen molar-refractivity contribution in [2.75, 3.05) is 12.3 Å². The van der Waals surface area contributed by atoms with E-state index in [2.05, 4.69) is 29.6 Å². The maximum Gasteiger partial charge on any atom is 0.243 e. The second-order valence-electron chi connectivity index (χ2n) is 8.28. The first kappa shape index (κ1) is 27.1. The Morgan fingerprint density at radius 1 is 0.943 bits per heavy atom. The van der Waals surface area contributed by atoms with Gasteiger partial charge in [-0.2, -0.15) is 0 Å². The Kier molecular flexibility index (Phi) is 10.5. The van der Waals surface area contributed by atoms with Crippen molar-refractivity contribution in [2.24, 2.45) is 0 Å². The van der Waals surface area contributed by atoms with E-state index in [1.165, 1.54) is 5.56 Å². The second-order valence-corrected chi connectivity index (χ2v) is 10.3. The lowest BCUT2D eigenvalue weighted by Gasteiger charge is -2.31.